The summed E-state index contributed by atoms with van der Waals surface area (Å²) in [7, 11) is 2.13. The summed E-state index contributed by atoms with van der Waals surface area (Å²) in [4.78, 5) is 29.2. The molecule has 0 radical (unpaired) electrons. The van der Waals surface area contributed by atoms with Gasteiger partial charge in [-0.25, -0.2) is 0 Å². The van der Waals surface area contributed by atoms with E-state index in [1.165, 1.54) is 0 Å². The maximum Gasteiger partial charge on any atom is 0.291 e. The number of hydrogen-bond acceptors (Lipinski definition) is 6. The van der Waals surface area contributed by atoms with Crippen molar-refractivity contribution in [2.75, 3.05) is 64.0 Å². The molecule has 3 rings (SSSR count). The monoisotopic (exact) mass is 390 g/mol. The summed E-state index contributed by atoms with van der Waals surface area (Å²) in [6.07, 6.45) is 0. The van der Waals surface area contributed by atoms with Crippen molar-refractivity contribution in [2.24, 2.45) is 0 Å². The lowest BCUT2D eigenvalue weighted by atomic mass is 10.2. The summed E-state index contributed by atoms with van der Waals surface area (Å²) in [5, 5.41) is 7.45. The number of carbonyl (C=O) groups excluding carboxylic acids is 2. The van der Waals surface area contributed by atoms with Gasteiger partial charge in [-0.05, 0) is 25.2 Å². The largest absolute Gasteiger partial charge is 0.487 e. The predicted molar refractivity (Wildman–Crippen MR) is 108 cm³/mol. The van der Waals surface area contributed by atoms with E-state index in [1.807, 2.05) is 0 Å². The van der Waals surface area contributed by atoms with Crippen LogP contribution in [0.2, 0.25) is 0 Å². The molecule has 1 fully saturated rings. The molecule has 0 aromatic heterocycles. The van der Waals surface area contributed by atoms with E-state index in [9.17, 15) is 9.59 Å². The molecule has 2 amide bonds. The van der Waals surface area contributed by atoms with Gasteiger partial charge in [-0.2, -0.15) is 0 Å². The minimum absolute atomic E-state index is 0.135. The molecular formula is C19H26N4O3S. The molecule has 0 aliphatic carbocycles. The second-order valence-corrected chi connectivity index (χ2v) is 7.61. The Bertz CT molecular complexity index is 702. The van der Waals surface area contributed by atoms with Gasteiger partial charge in [0.25, 0.3) is 11.8 Å². The molecule has 27 heavy (non-hydrogen) atoms. The van der Waals surface area contributed by atoms with E-state index in [-0.39, 0.29) is 11.8 Å². The fourth-order valence-corrected chi connectivity index (χ4v) is 3.54. The zero-order valence-corrected chi connectivity index (χ0v) is 16.4. The van der Waals surface area contributed by atoms with Gasteiger partial charge >= 0.3 is 0 Å². The maximum atomic E-state index is 12.4. The Kier molecular flexibility index (Phi) is 7.14. The van der Waals surface area contributed by atoms with E-state index in [0.717, 1.165) is 38.5 Å². The molecule has 1 aromatic rings. The van der Waals surface area contributed by atoms with Gasteiger partial charge in [-0.15, -0.1) is 11.8 Å². The number of likely N-dealkylation sites (N-methyl/N-ethyl adjacent to an activating group) is 1. The predicted octanol–water partition coefficient (Wildman–Crippen LogP) is 1.21. The second-order valence-electron chi connectivity index (χ2n) is 6.64. The highest BCUT2D eigenvalue weighted by Crippen LogP contribution is 2.18. The fraction of sp³-hybridized carbons (Fsp3) is 0.474. The number of benzene rings is 1. The third kappa shape index (κ3) is 5.98. The van der Waals surface area contributed by atoms with Crippen molar-refractivity contribution in [3.05, 3.63) is 41.0 Å². The summed E-state index contributed by atoms with van der Waals surface area (Å²) in [6.45, 7) is 6.17. The number of carbonyl (C=O) groups is 2. The molecule has 0 bridgehead atoms. The maximum absolute atomic E-state index is 12.4. The average Bonchev–Trinajstić information content (AvgIpc) is 2.70. The Morgan fingerprint density at radius 3 is 2.74 bits per heavy atom. The van der Waals surface area contributed by atoms with E-state index in [2.05, 4.69) is 27.5 Å². The molecule has 0 unspecified atom stereocenters. The minimum Gasteiger partial charge on any atom is -0.487 e. The van der Waals surface area contributed by atoms with Crippen molar-refractivity contribution in [1.29, 1.82) is 0 Å². The molecule has 1 saturated heterocycles. The zero-order chi connectivity index (χ0) is 19.1. The molecule has 0 spiro atoms. The number of rotatable bonds is 6. The number of piperazine rings is 1. The van der Waals surface area contributed by atoms with E-state index in [1.54, 1.807) is 41.4 Å². The highest BCUT2D eigenvalue weighted by Gasteiger charge is 2.16. The number of amides is 2. The Balaban J connectivity index is 1.48. The molecular weight excluding hydrogens is 364 g/mol. The zero-order valence-electron chi connectivity index (χ0n) is 15.6. The van der Waals surface area contributed by atoms with Gasteiger partial charge in [0, 0.05) is 61.7 Å². The van der Waals surface area contributed by atoms with Crippen LogP contribution in [0.4, 0.5) is 5.69 Å². The number of nitrogens with one attached hydrogen (secondary N) is 2. The molecule has 7 nitrogen and oxygen atoms in total. The third-order valence-corrected chi connectivity index (χ3v) is 5.35. The van der Waals surface area contributed by atoms with E-state index in [0.29, 0.717) is 30.2 Å². The molecule has 0 saturated carbocycles. The summed E-state index contributed by atoms with van der Waals surface area (Å²) in [6, 6.07) is 6.94. The van der Waals surface area contributed by atoms with Crippen LogP contribution >= 0.6 is 11.8 Å². The molecule has 0 atom stereocenters. The van der Waals surface area contributed by atoms with Crippen molar-refractivity contribution in [1.82, 2.24) is 15.1 Å². The first-order chi connectivity index (χ1) is 13.1. The smallest absolute Gasteiger partial charge is 0.291 e. The number of hydrogen-bond donors (Lipinski definition) is 2. The van der Waals surface area contributed by atoms with E-state index < -0.39 is 0 Å². The number of nitrogens with zero attached hydrogens (tertiary/aromatic N) is 2. The normalized spacial score (nSPS) is 18.3. The van der Waals surface area contributed by atoms with Gasteiger partial charge in [0.05, 0.1) is 6.61 Å². The Morgan fingerprint density at radius 2 is 2.00 bits per heavy atom. The first-order valence-corrected chi connectivity index (χ1v) is 10.2. The first-order valence-electron chi connectivity index (χ1n) is 9.17. The summed E-state index contributed by atoms with van der Waals surface area (Å²) >= 11 is 1.55. The molecule has 2 heterocycles. The molecule has 2 N–H and O–H groups in total. The number of anilines is 1. The fourth-order valence-electron chi connectivity index (χ4n) is 2.92. The van der Waals surface area contributed by atoms with Crippen LogP contribution in [-0.4, -0.2) is 80.3 Å². The van der Waals surface area contributed by atoms with Gasteiger partial charge in [0.15, 0.2) is 5.76 Å². The quantitative estimate of drug-likeness (QED) is 0.761. The van der Waals surface area contributed by atoms with Gasteiger partial charge in [-0.3, -0.25) is 14.5 Å². The van der Waals surface area contributed by atoms with Crippen LogP contribution in [0, 0.1) is 0 Å². The third-order valence-electron chi connectivity index (χ3n) is 4.57. The van der Waals surface area contributed by atoms with Crippen molar-refractivity contribution in [2.45, 2.75) is 0 Å². The SMILES string of the molecule is CN1CCN(CCNC(=O)c2cccc(NC(=O)C3=CSCCO3)c2)CC1. The van der Waals surface area contributed by atoms with Crippen LogP contribution in [-0.2, 0) is 9.53 Å². The van der Waals surface area contributed by atoms with Crippen LogP contribution in [0.5, 0.6) is 0 Å². The molecule has 1 aromatic carbocycles. The summed E-state index contributed by atoms with van der Waals surface area (Å²) in [5.74, 6) is 0.729. The average molecular weight is 391 g/mol. The lowest BCUT2D eigenvalue weighted by Gasteiger charge is -2.32. The van der Waals surface area contributed by atoms with Gasteiger partial charge in [0.1, 0.15) is 0 Å². The summed E-state index contributed by atoms with van der Waals surface area (Å²) in [5.41, 5.74) is 1.10. The van der Waals surface area contributed by atoms with Crippen molar-refractivity contribution >= 4 is 29.3 Å². The first kappa shape index (κ1) is 19.7. The lowest BCUT2D eigenvalue weighted by Crippen LogP contribution is -2.46. The highest BCUT2D eigenvalue weighted by molar-refractivity contribution is 8.02. The van der Waals surface area contributed by atoms with E-state index >= 15 is 0 Å². The van der Waals surface area contributed by atoms with Crippen molar-refractivity contribution in [3.8, 4) is 0 Å². The standard InChI is InChI=1S/C19H26N4O3S/c1-22-7-9-23(10-8-22)6-5-20-18(24)15-3-2-4-16(13-15)21-19(25)17-14-27-12-11-26-17/h2-4,13-14H,5-12H2,1H3,(H,20,24)(H,21,25). The van der Waals surface area contributed by atoms with Crippen LogP contribution in [0.1, 0.15) is 10.4 Å². The lowest BCUT2D eigenvalue weighted by molar-refractivity contribution is -0.116. The minimum atomic E-state index is -0.296. The topological polar surface area (TPSA) is 73.9 Å². The summed E-state index contributed by atoms with van der Waals surface area (Å²) < 4.78 is 5.35. The number of ether oxygens (including phenoxy) is 1. The molecule has 8 heteroatoms. The van der Waals surface area contributed by atoms with Gasteiger partial charge in [-0.1, -0.05) is 6.07 Å². The van der Waals surface area contributed by atoms with Gasteiger partial charge < -0.3 is 20.3 Å². The number of thioether (sulfide) groups is 1. The van der Waals surface area contributed by atoms with Crippen molar-refractivity contribution in [3.63, 3.8) is 0 Å². The second kappa shape index (κ2) is 9.77. The van der Waals surface area contributed by atoms with E-state index in [4.69, 9.17) is 4.74 Å². The van der Waals surface area contributed by atoms with Crippen LogP contribution in [0.15, 0.2) is 35.4 Å². The Hall–Kier alpha value is -2.03. The van der Waals surface area contributed by atoms with Crippen molar-refractivity contribution < 1.29 is 14.3 Å². The van der Waals surface area contributed by atoms with Crippen LogP contribution in [0.3, 0.4) is 0 Å². The molecule has 146 valence electrons. The Labute approximate surface area is 164 Å². The Morgan fingerprint density at radius 1 is 1.19 bits per heavy atom. The van der Waals surface area contributed by atoms with Gasteiger partial charge in [0.2, 0.25) is 0 Å². The highest BCUT2D eigenvalue weighted by atomic mass is 32.2. The van der Waals surface area contributed by atoms with Crippen LogP contribution in [0.25, 0.3) is 0 Å². The van der Waals surface area contributed by atoms with Crippen LogP contribution < -0.4 is 10.6 Å². The molecule has 2 aliphatic rings. The molecule has 2 aliphatic heterocycles.